The van der Waals surface area contributed by atoms with Crippen molar-refractivity contribution in [3.63, 3.8) is 0 Å². The number of aromatic nitrogens is 2. The largest absolute Gasteiger partial charge is 0.438 e. The Bertz CT molecular complexity index is 772. The Hall–Kier alpha value is -2.21. The Kier molecular flexibility index (Phi) is 3.23. The number of nitrogen functional groups attached to an aromatic ring is 1. The predicted octanol–water partition coefficient (Wildman–Crippen LogP) is 3.77. The number of halogens is 1. The average Bonchev–Trinajstić information content (AvgIpc) is 2.82. The van der Waals surface area contributed by atoms with E-state index < -0.39 is 0 Å². The molecule has 0 unspecified atom stereocenters. The summed E-state index contributed by atoms with van der Waals surface area (Å²) in [6, 6.07) is 7.89. The van der Waals surface area contributed by atoms with Gasteiger partial charge in [0, 0.05) is 10.9 Å². The summed E-state index contributed by atoms with van der Waals surface area (Å²) in [4.78, 5) is 10.2. The van der Waals surface area contributed by atoms with Crippen LogP contribution >= 0.6 is 11.3 Å². The van der Waals surface area contributed by atoms with Crippen LogP contribution in [0, 0.1) is 5.82 Å². The fourth-order valence-electron chi connectivity index (χ4n) is 1.86. The van der Waals surface area contributed by atoms with E-state index in [9.17, 15) is 4.39 Å². The summed E-state index contributed by atoms with van der Waals surface area (Å²) >= 11 is 1.55. The number of hydrogen-bond donors (Lipinski definition) is 1. The Labute approximate surface area is 119 Å². The van der Waals surface area contributed by atoms with Crippen LogP contribution in [0.2, 0.25) is 0 Å². The highest BCUT2D eigenvalue weighted by Crippen LogP contribution is 2.33. The summed E-state index contributed by atoms with van der Waals surface area (Å²) in [5.41, 5.74) is 5.69. The van der Waals surface area contributed by atoms with Gasteiger partial charge in [-0.1, -0.05) is 13.0 Å². The summed E-state index contributed by atoms with van der Waals surface area (Å²) in [5, 5.41) is 0.797. The van der Waals surface area contributed by atoms with Crippen molar-refractivity contribution in [1.82, 2.24) is 9.97 Å². The number of fused-ring (bicyclic) bond motifs is 1. The van der Waals surface area contributed by atoms with Gasteiger partial charge in [0.15, 0.2) is 0 Å². The van der Waals surface area contributed by atoms with E-state index in [2.05, 4.69) is 16.9 Å². The standard InChI is InChI=1S/C14H12FN3OS/c1-2-10-7-11-12(17-14(16)18-13(11)20-10)19-9-5-3-4-8(15)6-9/h3-7H,2H2,1H3,(H2,16,17,18). The molecule has 3 rings (SSSR count). The van der Waals surface area contributed by atoms with Gasteiger partial charge in [0.2, 0.25) is 11.8 Å². The molecule has 102 valence electrons. The number of nitrogens with zero attached hydrogens (tertiary/aromatic N) is 2. The minimum absolute atomic E-state index is 0.147. The first kappa shape index (κ1) is 12.8. The van der Waals surface area contributed by atoms with Gasteiger partial charge in [-0.2, -0.15) is 4.98 Å². The summed E-state index contributed by atoms with van der Waals surface area (Å²) in [6.07, 6.45) is 0.903. The molecule has 6 heteroatoms. The molecule has 0 aliphatic rings. The lowest BCUT2D eigenvalue weighted by molar-refractivity contribution is 0.464. The first-order chi connectivity index (χ1) is 9.65. The molecule has 20 heavy (non-hydrogen) atoms. The first-order valence-electron chi connectivity index (χ1n) is 6.15. The highest BCUT2D eigenvalue weighted by molar-refractivity contribution is 7.18. The van der Waals surface area contributed by atoms with Gasteiger partial charge in [-0.15, -0.1) is 11.3 Å². The first-order valence-corrected chi connectivity index (χ1v) is 6.96. The average molecular weight is 289 g/mol. The lowest BCUT2D eigenvalue weighted by Crippen LogP contribution is -1.97. The minimum atomic E-state index is -0.361. The monoisotopic (exact) mass is 289 g/mol. The summed E-state index contributed by atoms with van der Waals surface area (Å²) in [5.74, 6) is 0.524. The molecule has 0 radical (unpaired) electrons. The van der Waals surface area contributed by atoms with E-state index in [-0.39, 0.29) is 11.8 Å². The molecule has 0 saturated carbocycles. The molecule has 0 aliphatic heterocycles. The van der Waals surface area contributed by atoms with Crippen LogP contribution in [0.1, 0.15) is 11.8 Å². The summed E-state index contributed by atoms with van der Waals surface area (Å²) < 4.78 is 18.8. The van der Waals surface area contributed by atoms with E-state index >= 15 is 0 Å². The number of anilines is 1. The van der Waals surface area contributed by atoms with Crippen LogP contribution in [0.4, 0.5) is 10.3 Å². The quantitative estimate of drug-likeness (QED) is 0.797. The van der Waals surface area contributed by atoms with Crippen LogP contribution in [0.3, 0.4) is 0 Å². The Morgan fingerprint density at radius 3 is 2.90 bits per heavy atom. The lowest BCUT2D eigenvalue weighted by atomic mass is 10.3. The molecule has 0 bridgehead atoms. The topological polar surface area (TPSA) is 61.0 Å². The maximum absolute atomic E-state index is 13.2. The Morgan fingerprint density at radius 1 is 1.30 bits per heavy atom. The molecule has 0 fully saturated rings. The second-order valence-corrected chi connectivity index (χ2v) is 5.35. The molecule has 1 aromatic carbocycles. The zero-order valence-electron chi connectivity index (χ0n) is 10.8. The number of aryl methyl sites for hydroxylation is 1. The maximum Gasteiger partial charge on any atom is 0.232 e. The van der Waals surface area contributed by atoms with E-state index in [4.69, 9.17) is 10.5 Å². The maximum atomic E-state index is 13.2. The van der Waals surface area contributed by atoms with Gasteiger partial charge in [-0.25, -0.2) is 9.37 Å². The van der Waals surface area contributed by atoms with Gasteiger partial charge in [-0.05, 0) is 24.6 Å². The molecule has 4 nitrogen and oxygen atoms in total. The number of hydrogen-bond acceptors (Lipinski definition) is 5. The highest BCUT2D eigenvalue weighted by atomic mass is 32.1. The van der Waals surface area contributed by atoms with E-state index in [1.54, 1.807) is 23.5 Å². The number of rotatable bonds is 3. The molecule has 0 atom stereocenters. The van der Waals surface area contributed by atoms with Crippen molar-refractivity contribution >= 4 is 27.5 Å². The van der Waals surface area contributed by atoms with E-state index in [1.165, 1.54) is 17.0 Å². The number of thiophene rings is 1. The molecule has 0 aliphatic carbocycles. The van der Waals surface area contributed by atoms with Crippen LogP contribution in [0.5, 0.6) is 11.6 Å². The third-order valence-electron chi connectivity index (χ3n) is 2.79. The van der Waals surface area contributed by atoms with Crippen molar-refractivity contribution < 1.29 is 9.13 Å². The number of nitrogens with two attached hydrogens (primary N) is 1. The second kappa shape index (κ2) is 5.05. The molecule has 2 aromatic heterocycles. The fraction of sp³-hybridized carbons (Fsp3) is 0.143. The summed E-state index contributed by atoms with van der Waals surface area (Å²) in [6.45, 7) is 2.06. The fourth-order valence-corrected chi connectivity index (χ4v) is 2.82. The van der Waals surface area contributed by atoms with Crippen LogP contribution in [-0.2, 0) is 6.42 Å². The van der Waals surface area contributed by atoms with E-state index in [0.29, 0.717) is 11.6 Å². The number of ether oxygens (including phenoxy) is 1. The van der Waals surface area contributed by atoms with Crippen molar-refractivity contribution in [2.75, 3.05) is 5.73 Å². The van der Waals surface area contributed by atoms with Crippen molar-refractivity contribution in [1.29, 1.82) is 0 Å². The van der Waals surface area contributed by atoms with Crippen molar-refractivity contribution in [2.45, 2.75) is 13.3 Å². The minimum Gasteiger partial charge on any atom is -0.438 e. The van der Waals surface area contributed by atoms with Crippen molar-refractivity contribution in [2.24, 2.45) is 0 Å². The highest BCUT2D eigenvalue weighted by Gasteiger charge is 2.12. The zero-order valence-corrected chi connectivity index (χ0v) is 11.6. The smallest absolute Gasteiger partial charge is 0.232 e. The summed E-state index contributed by atoms with van der Waals surface area (Å²) in [7, 11) is 0. The van der Waals surface area contributed by atoms with Crippen molar-refractivity contribution in [3.05, 3.63) is 41.0 Å². The molecule has 0 saturated heterocycles. The predicted molar refractivity (Wildman–Crippen MR) is 77.7 cm³/mol. The SMILES string of the molecule is CCc1cc2c(Oc3cccc(F)c3)nc(N)nc2s1. The van der Waals surface area contributed by atoms with Crippen LogP contribution < -0.4 is 10.5 Å². The van der Waals surface area contributed by atoms with Gasteiger partial charge in [0.25, 0.3) is 0 Å². The lowest BCUT2D eigenvalue weighted by Gasteiger charge is -2.06. The molecule has 0 amide bonds. The third kappa shape index (κ3) is 2.42. The van der Waals surface area contributed by atoms with Crippen molar-refractivity contribution in [3.8, 4) is 11.6 Å². The van der Waals surface area contributed by atoms with Gasteiger partial charge in [0.05, 0.1) is 5.39 Å². The molecule has 3 aromatic rings. The van der Waals surface area contributed by atoms with Gasteiger partial charge in [-0.3, -0.25) is 0 Å². The van der Waals surface area contributed by atoms with Crippen LogP contribution in [-0.4, -0.2) is 9.97 Å². The second-order valence-electron chi connectivity index (χ2n) is 4.23. The van der Waals surface area contributed by atoms with Gasteiger partial charge >= 0.3 is 0 Å². The molecular formula is C14H12FN3OS. The Balaban J connectivity index is 2.08. The van der Waals surface area contributed by atoms with Crippen LogP contribution in [0.25, 0.3) is 10.2 Å². The molecule has 2 heterocycles. The molecule has 0 spiro atoms. The molecular weight excluding hydrogens is 277 g/mol. The Morgan fingerprint density at radius 2 is 2.15 bits per heavy atom. The van der Waals surface area contributed by atoms with E-state index in [1.807, 2.05) is 6.07 Å². The zero-order chi connectivity index (χ0) is 14.1. The molecule has 2 N–H and O–H groups in total. The van der Waals surface area contributed by atoms with Crippen LogP contribution in [0.15, 0.2) is 30.3 Å². The number of benzene rings is 1. The van der Waals surface area contributed by atoms with Gasteiger partial charge < -0.3 is 10.5 Å². The van der Waals surface area contributed by atoms with E-state index in [0.717, 1.165) is 16.6 Å². The van der Waals surface area contributed by atoms with Gasteiger partial charge in [0.1, 0.15) is 16.4 Å². The third-order valence-corrected chi connectivity index (χ3v) is 3.96. The normalized spacial score (nSPS) is 10.9.